The smallest absolute Gasteiger partial charge is 0.326 e. The molecule has 1 amide bonds. The molecule has 0 aliphatic heterocycles. The first-order valence-electron chi connectivity index (χ1n) is 5.08. The van der Waals surface area contributed by atoms with Crippen LogP contribution in [0.5, 0.6) is 0 Å². The zero-order chi connectivity index (χ0) is 13.4. The van der Waals surface area contributed by atoms with Crippen molar-refractivity contribution < 1.29 is 14.7 Å². The Bertz CT molecular complexity index is 513. The van der Waals surface area contributed by atoms with Crippen LogP contribution in [0.25, 0.3) is 0 Å². The van der Waals surface area contributed by atoms with Gasteiger partial charge in [0.05, 0.1) is 12.7 Å². The highest BCUT2D eigenvalue weighted by Gasteiger charge is 2.38. The van der Waals surface area contributed by atoms with Crippen molar-refractivity contribution in [1.29, 1.82) is 0 Å². The Morgan fingerprint density at radius 1 is 1.28 bits per heavy atom. The molecule has 98 valence electrons. The SMILES string of the molecule is O=C(NC(C(=O)O)C1CC1)c1sc(Br)c(Br)c1Br. The number of aliphatic carboxylic acids is 1. The molecule has 1 aromatic heterocycles. The normalized spacial score (nSPS) is 16.4. The first-order chi connectivity index (χ1) is 8.41. The molecule has 8 heteroatoms. The number of thiophene rings is 1. The van der Waals surface area contributed by atoms with Crippen LogP contribution < -0.4 is 5.32 Å². The summed E-state index contributed by atoms with van der Waals surface area (Å²) in [5.74, 6) is -1.27. The van der Waals surface area contributed by atoms with E-state index in [9.17, 15) is 9.59 Å². The molecule has 2 rings (SSSR count). The first kappa shape index (κ1) is 14.5. The molecular formula is C10H8Br3NO3S. The minimum absolute atomic E-state index is 0.0667. The Labute approximate surface area is 133 Å². The summed E-state index contributed by atoms with van der Waals surface area (Å²) in [6.07, 6.45) is 1.71. The second kappa shape index (κ2) is 5.60. The van der Waals surface area contributed by atoms with E-state index in [4.69, 9.17) is 5.11 Å². The van der Waals surface area contributed by atoms with Gasteiger partial charge < -0.3 is 10.4 Å². The van der Waals surface area contributed by atoms with Crippen LogP contribution in [0.1, 0.15) is 22.5 Å². The third kappa shape index (κ3) is 2.97. The highest BCUT2D eigenvalue weighted by atomic mass is 79.9. The Morgan fingerprint density at radius 2 is 1.89 bits per heavy atom. The molecule has 1 fully saturated rings. The van der Waals surface area contributed by atoms with E-state index in [1.54, 1.807) is 0 Å². The number of hydrogen-bond acceptors (Lipinski definition) is 3. The van der Waals surface area contributed by atoms with Crippen LogP contribution >= 0.6 is 59.1 Å². The topological polar surface area (TPSA) is 66.4 Å². The van der Waals surface area contributed by atoms with E-state index in [-0.39, 0.29) is 11.8 Å². The van der Waals surface area contributed by atoms with Crippen molar-refractivity contribution in [2.45, 2.75) is 18.9 Å². The van der Waals surface area contributed by atoms with Gasteiger partial charge in [-0.25, -0.2) is 4.79 Å². The van der Waals surface area contributed by atoms with Crippen LogP contribution in [-0.2, 0) is 4.79 Å². The number of carboxylic acids is 1. The average Bonchev–Trinajstić information content (AvgIpc) is 3.10. The fraction of sp³-hybridized carbons (Fsp3) is 0.400. The lowest BCUT2D eigenvalue weighted by Gasteiger charge is -2.12. The molecule has 1 heterocycles. The van der Waals surface area contributed by atoms with Crippen LogP contribution in [-0.4, -0.2) is 23.0 Å². The average molecular weight is 462 g/mol. The quantitative estimate of drug-likeness (QED) is 0.719. The van der Waals surface area contributed by atoms with Gasteiger partial charge in [0.1, 0.15) is 10.9 Å². The third-order valence-corrected chi connectivity index (χ3v) is 7.64. The Kier molecular flexibility index (Phi) is 4.51. The fourth-order valence-electron chi connectivity index (χ4n) is 1.53. The van der Waals surface area contributed by atoms with Gasteiger partial charge in [0, 0.05) is 0 Å². The molecule has 1 unspecified atom stereocenters. The lowest BCUT2D eigenvalue weighted by atomic mass is 10.2. The third-order valence-electron chi connectivity index (χ3n) is 2.61. The summed E-state index contributed by atoms with van der Waals surface area (Å²) in [6, 6.07) is -0.788. The van der Waals surface area contributed by atoms with Gasteiger partial charge in [-0.15, -0.1) is 11.3 Å². The summed E-state index contributed by atoms with van der Waals surface area (Å²) in [7, 11) is 0. The van der Waals surface area contributed by atoms with E-state index in [0.29, 0.717) is 9.35 Å². The highest BCUT2D eigenvalue weighted by molar-refractivity contribution is 9.14. The summed E-state index contributed by atoms with van der Waals surface area (Å²) < 4.78 is 2.19. The van der Waals surface area contributed by atoms with Gasteiger partial charge in [-0.1, -0.05) is 0 Å². The summed E-state index contributed by atoms with van der Waals surface area (Å²) in [4.78, 5) is 23.6. The van der Waals surface area contributed by atoms with Crippen molar-refractivity contribution in [3.63, 3.8) is 0 Å². The van der Waals surface area contributed by atoms with Crippen molar-refractivity contribution in [2.24, 2.45) is 5.92 Å². The van der Waals surface area contributed by atoms with Crippen LogP contribution in [0.3, 0.4) is 0 Å². The molecule has 1 saturated carbocycles. The van der Waals surface area contributed by atoms with Crippen LogP contribution in [0.4, 0.5) is 0 Å². The fourth-order valence-corrected chi connectivity index (χ4v) is 4.52. The predicted octanol–water partition coefficient (Wildman–Crippen LogP) is 3.63. The molecule has 0 spiro atoms. The highest BCUT2D eigenvalue weighted by Crippen LogP contribution is 2.41. The molecule has 1 atom stereocenters. The maximum Gasteiger partial charge on any atom is 0.326 e. The molecule has 1 aromatic rings. The van der Waals surface area contributed by atoms with Gasteiger partial charge in [0.25, 0.3) is 5.91 Å². The van der Waals surface area contributed by atoms with Gasteiger partial charge in [-0.05, 0) is 66.5 Å². The summed E-state index contributed by atoms with van der Waals surface area (Å²) in [6.45, 7) is 0. The van der Waals surface area contributed by atoms with Crippen molar-refractivity contribution in [3.05, 3.63) is 17.6 Å². The summed E-state index contributed by atoms with van der Waals surface area (Å²) >= 11 is 11.2. The molecule has 18 heavy (non-hydrogen) atoms. The number of amides is 1. The van der Waals surface area contributed by atoms with E-state index >= 15 is 0 Å². The maximum absolute atomic E-state index is 12.0. The van der Waals surface area contributed by atoms with E-state index in [2.05, 4.69) is 53.1 Å². The first-order valence-corrected chi connectivity index (χ1v) is 8.28. The van der Waals surface area contributed by atoms with Crippen LogP contribution in [0, 0.1) is 5.92 Å². The van der Waals surface area contributed by atoms with E-state index in [1.165, 1.54) is 11.3 Å². The molecule has 0 aromatic carbocycles. The molecule has 0 bridgehead atoms. The van der Waals surface area contributed by atoms with E-state index < -0.39 is 12.0 Å². The van der Waals surface area contributed by atoms with E-state index in [1.807, 2.05) is 0 Å². The van der Waals surface area contributed by atoms with Crippen molar-refractivity contribution >= 4 is 71.0 Å². The standard InChI is InChI=1S/C10H8Br3NO3S/c11-4-5(12)8(13)18-7(4)9(15)14-6(10(16)17)3-1-2-3/h3,6H,1-2H2,(H,14,15)(H,16,17). The maximum atomic E-state index is 12.0. The molecule has 1 aliphatic rings. The lowest BCUT2D eigenvalue weighted by Crippen LogP contribution is -2.42. The van der Waals surface area contributed by atoms with Crippen LogP contribution in [0.15, 0.2) is 12.7 Å². The number of halogens is 3. The molecule has 0 saturated heterocycles. The molecule has 2 N–H and O–H groups in total. The second-order valence-corrected chi connectivity index (χ2v) is 7.88. The van der Waals surface area contributed by atoms with Crippen molar-refractivity contribution in [3.8, 4) is 0 Å². The lowest BCUT2D eigenvalue weighted by molar-refractivity contribution is -0.139. The Morgan fingerprint density at radius 3 is 2.28 bits per heavy atom. The number of carbonyl (C=O) groups is 2. The van der Waals surface area contributed by atoms with Gasteiger partial charge in [-0.3, -0.25) is 4.79 Å². The second-order valence-electron chi connectivity index (χ2n) is 3.96. The summed E-state index contributed by atoms with van der Waals surface area (Å²) in [5, 5.41) is 11.6. The van der Waals surface area contributed by atoms with Gasteiger partial charge in [0.15, 0.2) is 0 Å². The predicted molar refractivity (Wildman–Crippen MR) is 79.0 cm³/mol. The largest absolute Gasteiger partial charge is 0.480 e. The van der Waals surface area contributed by atoms with Crippen LogP contribution in [0.2, 0.25) is 0 Å². The van der Waals surface area contributed by atoms with Gasteiger partial charge in [-0.2, -0.15) is 0 Å². The van der Waals surface area contributed by atoms with Gasteiger partial charge in [0.2, 0.25) is 0 Å². The zero-order valence-corrected chi connectivity index (χ0v) is 14.4. The zero-order valence-electron chi connectivity index (χ0n) is 8.87. The number of hydrogen-bond donors (Lipinski definition) is 2. The Hall–Kier alpha value is 0.0800. The monoisotopic (exact) mass is 459 g/mol. The molecule has 0 radical (unpaired) electrons. The number of carbonyl (C=O) groups excluding carboxylic acids is 1. The van der Waals surface area contributed by atoms with E-state index in [0.717, 1.165) is 21.1 Å². The molecule has 1 aliphatic carbocycles. The van der Waals surface area contributed by atoms with Gasteiger partial charge >= 0.3 is 5.97 Å². The number of rotatable bonds is 4. The summed E-state index contributed by atoms with van der Waals surface area (Å²) in [5.41, 5.74) is 0. The minimum Gasteiger partial charge on any atom is -0.480 e. The van der Waals surface area contributed by atoms with Crippen molar-refractivity contribution in [2.75, 3.05) is 0 Å². The molecular weight excluding hydrogens is 454 g/mol. The number of nitrogens with one attached hydrogen (secondary N) is 1. The number of carboxylic acid groups (broad SMARTS) is 1. The van der Waals surface area contributed by atoms with Crippen molar-refractivity contribution in [1.82, 2.24) is 5.32 Å². The Balaban J connectivity index is 2.15. The minimum atomic E-state index is -0.975. The molecule has 4 nitrogen and oxygen atoms in total.